The SMILES string of the molecule is CCCCC(CC)COCC1(C)C(C)OC1(C)C. The van der Waals surface area contributed by atoms with Crippen LogP contribution in [-0.2, 0) is 9.47 Å². The van der Waals surface area contributed by atoms with Crippen molar-refractivity contribution < 1.29 is 9.47 Å². The van der Waals surface area contributed by atoms with Crippen LogP contribution in [0, 0.1) is 11.3 Å². The van der Waals surface area contributed by atoms with E-state index in [1.807, 2.05) is 0 Å². The summed E-state index contributed by atoms with van der Waals surface area (Å²) in [5.41, 5.74) is 0.119. The minimum atomic E-state index is -0.0441. The second-order valence-corrected chi connectivity index (χ2v) is 6.62. The Kier molecular flexibility index (Phi) is 5.67. The molecular weight excluding hydrogens is 224 g/mol. The maximum atomic E-state index is 6.02. The number of hydrogen-bond donors (Lipinski definition) is 0. The first-order valence-corrected chi connectivity index (χ1v) is 7.63. The Hall–Kier alpha value is -0.0800. The molecule has 0 aromatic heterocycles. The molecule has 3 unspecified atom stereocenters. The van der Waals surface area contributed by atoms with E-state index in [9.17, 15) is 0 Å². The molecule has 0 bridgehead atoms. The second-order valence-electron chi connectivity index (χ2n) is 6.62. The molecule has 1 heterocycles. The van der Waals surface area contributed by atoms with Gasteiger partial charge in [-0.1, -0.05) is 40.0 Å². The zero-order valence-electron chi connectivity index (χ0n) is 13.2. The smallest absolute Gasteiger partial charge is 0.0730 e. The third-order valence-electron chi connectivity index (χ3n) is 5.04. The Bertz CT molecular complexity index is 249. The van der Waals surface area contributed by atoms with E-state index in [4.69, 9.17) is 9.47 Å². The number of unbranched alkanes of at least 4 members (excludes halogenated alkanes) is 1. The van der Waals surface area contributed by atoms with Crippen molar-refractivity contribution in [3.63, 3.8) is 0 Å². The Balaban J connectivity index is 2.32. The van der Waals surface area contributed by atoms with Crippen LogP contribution in [0.4, 0.5) is 0 Å². The van der Waals surface area contributed by atoms with Crippen LogP contribution in [0.3, 0.4) is 0 Å². The fourth-order valence-electron chi connectivity index (χ4n) is 2.76. The lowest BCUT2D eigenvalue weighted by molar-refractivity contribution is -0.305. The Labute approximate surface area is 113 Å². The van der Waals surface area contributed by atoms with E-state index in [1.165, 1.54) is 25.7 Å². The molecule has 1 aliphatic rings. The van der Waals surface area contributed by atoms with E-state index in [0.717, 1.165) is 19.1 Å². The van der Waals surface area contributed by atoms with Crippen LogP contribution in [0.2, 0.25) is 0 Å². The van der Waals surface area contributed by atoms with Crippen LogP contribution < -0.4 is 0 Å². The molecule has 1 fully saturated rings. The third-order valence-corrected chi connectivity index (χ3v) is 5.04. The van der Waals surface area contributed by atoms with E-state index in [0.29, 0.717) is 6.10 Å². The molecular formula is C16H32O2. The Morgan fingerprint density at radius 1 is 1.22 bits per heavy atom. The van der Waals surface area contributed by atoms with Gasteiger partial charge in [-0.15, -0.1) is 0 Å². The highest BCUT2D eigenvalue weighted by Gasteiger charge is 2.57. The van der Waals surface area contributed by atoms with Gasteiger partial charge in [-0.2, -0.15) is 0 Å². The van der Waals surface area contributed by atoms with Gasteiger partial charge in [0.15, 0.2) is 0 Å². The van der Waals surface area contributed by atoms with Gasteiger partial charge >= 0.3 is 0 Å². The highest BCUT2D eigenvalue weighted by molar-refractivity contribution is 5.04. The first-order chi connectivity index (χ1) is 8.37. The molecule has 1 aliphatic heterocycles. The summed E-state index contributed by atoms with van der Waals surface area (Å²) in [5.74, 6) is 0.730. The summed E-state index contributed by atoms with van der Waals surface area (Å²) < 4.78 is 11.8. The van der Waals surface area contributed by atoms with Crippen LogP contribution >= 0.6 is 0 Å². The van der Waals surface area contributed by atoms with E-state index in [2.05, 4.69) is 41.5 Å². The summed E-state index contributed by atoms with van der Waals surface area (Å²) in [4.78, 5) is 0. The van der Waals surface area contributed by atoms with Gasteiger partial charge in [0, 0.05) is 12.0 Å². The Morgan fingerprint density at radius 2 is 1.89 bits per heavy atom. The number of rotatable bonds is 8. The van der Waals surface area contributed by atoms with Gasteiger partial charge < -0.3 is 9.47 Å². The van der Waals surface area contributed by atoms with Crippen molar-refractivity contribution in [2.45, 2.75) is 78.9 Å². The second kappa shape index (κ2) is 6.38. The maximum absolute atomic E-state index is 6.02. The normalized spacial score (nSPS) is 32.0. The lowest BCUT2D eigenvalue weighted by Crippen LogP contribution is -2.65. The third kappa shape index (κ3) is 3.27. The van der Waals surface area contributed by atoms with Crippen LogP contribution in [-0.4, -0.2) is 24.9 Å². The molecule has 0 radical (unpaired) electrons. The molecule has 2 heteroatoms. The fraction of sp³-hybridized carbons (Fsp3) is 1.00. The zero-order chi connectivity index (χ0) is 13.8. The molecule has 18 heavy (non-hydrogen) atoms. The van der Waals surface area contributed by atoms with Crippen LogP contribution in [0.15, 0.2) is 0 Å². The first-order valence-electron chi connectivity index (χ1n) is 7.63. The monoisotopic (exact) mass is 256 g/mol. The van der Waals surface area contributed by atoms with Gasteiger partial charge in [-0.25, -0.2) is 0 Å². The van der Waals surface area contributed by atoms with Crippen molar-refractivity contribution >= 4 is 0 Å². The van der Waals surface area contributed by atoms with Crippen molar-refractivity contribution in [3.8, 4) is 0 Å². The molecule has 0 spiro atoms. The highest BCUT2D eigenvalue weighted by Crippen LogP contribution is 2.49. The van der Waals surface area contributed by atoms with Gasteiger partial charge in [0.1, 0.15) is 0 Å². The van der Waals surface area contributed by atoms with E-state index in [-0.39, 0.29) is 11.0 Å². The highest BCUT2D eigenvalue weighted by atomic mass is 16.6. The van der Waals surface area contributed by atoms with Crippen molar-refractivity contribution in [1.82, 2.24) is 0 Å². The predicted molar refractivity (Wildman–Crippen MR) is 76.9 cm³/mol. The lowest BCUT2D eigenvalue weighted by atomic mass is 9.66. The summed E-state index contributed by atoms with van der Waals surface area (Å²) in [6, 6.07) is 0. The molecule has 0 aliphatic carbocycles. The van der Waals surface area contributed by atoms with Gasteiger partial charge in [-0.05, 0) is 33.1 Å². The molecule has 2 nitrogen and oxygen atoms in total. The minimum absolute atomic E-state index is 0.0441. The Morgan fingerprint density at radius 3 is 2.33 bits per heavy atom. The molecule has 1 rings (SSSR count). The largest absolute Gasteiger partial charge is 0.380 e. The fourth-order valence-corrected chi connectivity index (χ4v) is 2.76. The van der Waals surface area contributed by atoms with Gasteiger partial charge in [-0.3, -0.25) is 0 Å². The number of ether oxygens (including phenoxy) is 2. The minimum Gasteiger partial charge on any atom is -0.380 e. The molecule has 0 amide bonds. The van der Waals surface area contributed by atoms with Crippen molar-refractivity contribution in [3.05, 3.63) is 0 Å². The average Bonchev–Trinajstić information content (AvgIpc) is 2.32. The quantitative estimate of drug-likeness (QED) is 0.640. The molecule has 3 atom stereocenters. The molecule has 0 saturated carbocycles. The van der Waals surface area contributed by atoms with Crippen LogP contribution in [0.1, 0.15) is 67.2 Å². The summed E-state index contributed by atoms with van der Waals surface area (Å²) in [6.07, 6.45) is 5.45. The molecule has 1 saturated heterocycles. The molecule has 0 N–H and O–H groups in total. The lowest BCUT2D eigenvalue weighted by Gasteiger charge is -2.58. The van der Waals surface area contributed by atoms with Gasteiger partial charge in [0.25, 0.3) is 0 Å². The van der Waals surface area contributed by atoms with E-state index < -0.39 is 0 Å². The van der Waals surface area contributed by atoms with Crippen molar-refractivity contribution in [2.75, 3.05) is 13.2 Å². The standard InChI is InChI=1S/C16H32O2/c1-7-9-10-14(8-2)11-17-12-16(6)13(3)18-15(16,4)5/h13-14H,7-12H2,1-6H3. The first kappa shape index (κ1) is 16.0. The predicted octanol–water partition coefficient (Wildman–Crippen LogP) is 4.42. The molecule has 108 valence electrons. The summed E-state index contributed by atoms with van der Waals surface area (Å²) in [7, 11) is 0. The topological polar surface area (TPSA) is 18.5 Å². The van der Waals surface area contributed by atoms with Crippen molar-refractivity contribution in [1.29, 1.82) is 0 Å². The zero-order valence-corrected chi connectivity index (χ0v) is 13.2. The van der Waals surface area contributed by atoms with Gasteiger partial charge in [0.05, 0.1) is 18.3 Å². The average molecular weight is 256 g/mol. The summed E-state index contributed by atoms with van der Waals surface area (Å²) >= 11 is 0. The molecule has 0 aromatic carbocycles. The molecule has 0 aromatic rings. The van der Waals surface area contributed by atoms with E-state index >= 15 is 0 Å². The van der Waals surface area contributed by atoms with Gasteiger partial charge in [0.2, 0.25) is 0 Å². The van der Waals surface area contributed by atoms with E-state index in [1.54, 1.807) is 0 Å². The van der Waals surface area contributed by atoms with Crippen molar-refractivity contribution in [2.24, 2.45) is 11.3 Å². The van der Waals surface area contributed by atoms with Crippen LogP contribution in [0.25, 0.3) is 0 Å². The maximum Gasteiger partial charge on any atom is 0.0730 e. The number of hydrogen-bond acceptors (Lipinski definition) is 2. The summed E-state index contributed by atoms with van der Waals surface area (Å²) in [5, 5.41) is 0. The van der Waals surface area contributed by atoms with Crippen LogP contribution in [0.5, 0.6) is 0 Å². The summed E-state index contributed by atoms with van der Waals surface area (Å²) in [6.45, 7) is 15.0.